The summed E-state index contributed by atoms with van der Waals surface area (Å²) in [6.45, 7) is 1.88. The summed E-state index contributed by atoms with van der Waals surface area (Å²) >= 11 is 6.03. The number of carbonyl (C=O) groups excluding carboxylic acids is 1. The van der Waals surface area contributed by atoms with Crippen LogP contribution in [0.4, 0.5) is 5.69 Å². The van der Waals surface area contributed by atoms with Crippen LogP contribution in [-0.4, -0.2) is 5.91 Å². The van der Waals surface area contributed by atoms with Gasteiger partial charge in [0.05, 0.1) is 18.1 Å². The second-order valence-electron chi connectivity index (χ2n) is 4.46. The third-order valence-corrected chi connectivity index (χ3v) is 3.32. The summed E-state index contributed by atoms with van der Waals surface area (Å²) in [5.41, 5.74) is 2.86. The minimum atomic E-state index is -0.156. The fourth-order valence-corrected chi connectivity index (χ4v) is 2.04. The first-order valence-corrected chi connectivity index (χ1v) is 6.52. The predicted octanol–water partition coefficient (Wildman–Crippen LogP) is 3.70. The molecule has 2 rings (SSSR count). The van der Waals surface area contributed by atoms with Gasteiger partial charge < -0.3 is 5.32 Å². The molecular weight excluding hydrogens is 272 g/mol. The van der Waals surface area contributed by atoms with Crippen LogP contribution in [0.3, 0.4) is 0 Å². The molecule has 4 heteroatoms. The van der Waals surface area contributed by atoms with Crippen LogP contribution in [-0.2, 0) is 11.2 Å². The fourth-order valence-electron chi connectivity index (χ4n) is 1.84. The SMILES string of the molecule is Cc1ccc(C#N)cc1NC(=O)Cc1ccccc1Cl. The molecule has 20 heavy (non-hydrogen) atoms. The molecule has 0 spiro atoms. The number of halogens is 1. The third kappa shape index (κ3) is 3.37. The maximum atomic E-state index is 12.0. The Morgan fingerprint density at radius 1 is 1.30 bits per heavy atom. The van der Waals surface area contributed by atoms with Gasteiger partial charge in [0.2, 0.25) is 5.91 Å². The van der Waals surface area contributed by atoms with Gasteiger partial charge in [0, 0.05) is 10.7 Å². The average molecular weight is 285 g/mol. The van der Waals surface area contributed by atoms with Crippen LogP contribution in [0.15, 0.2) is 42.5 Å². The van der Waals surface area contributed by atoms with Crippen LogP contribution >= 0.6 is 11.6 Å². The Bertz CT molecular complexity index is 689. The molecule has 0 aromatic heterocycles. The molecule has 0 saturated heterocycles. The lowest BCUT2D eigenvalue weighted by molar-refractivity contribution is -0.115. The van der Waals surface area contributed by atoms with E-state index < -0.39 is 0 Å². The smallest absolute Gasteiger partial charge is 0.228 e. The van der Waals surface area contributed by atoms with E-state index in [-0.39, 0.29) is 12.3 Å². The van der Waals surface area contributed by atoms with E-state index in [2.05, 4.69) is 11.4 Å². The topological polar surface area (TPSA) is 52.9 Å². The number of nitriles is 1. The molecule has 0 aliphatic rings. The molecule has 2 aromatic carbocycles. The third-order valence-electron chi connectivity index (χ3n) is 2.95. The summed E-state index contributed by atoms with van der Waals surface area (Å²) in [5.74, 6) is -0.156. The molecule has 0 aliphatic carbocycles. The Labute approximate surface area is 122 Å². The van der Waals surface area contributed by atoms with E-state index in [0.29, 0.717) is 16.3 Å². The van der Waals surface area contributed by atoms with Crippen molar-refractivity contribution < 1.29 is 4.79 Å². The number of hydrogen-bond donors (Lipinski definition) is 1. The van der Waals surface area contributed by atoms with Crippen molar-refractivity contribution >= 4 is 23.2 Å². The molecular formula is C16H13ClN2O. The van der Waals surface area contributed by atoms with E-state index in [1.165, 1.54) is 0 Å². The molecule has 0 aliphatic heterocycles. The number of anilines is 1. The van der Waals surface area contributed by atoms with E-state index >= 15 is 0 Å². The lowest BCUT2D eigenvalue weighted by Gasteiger charge is -2.09. The number of hydrogen-bond acceptors (Lipinski definition) is 2. The van der Waals surface area contributed by atoms with Gasteiger partial charge in [-0.1, -0.05) is 35.9 Å². The van der Waals surface area contributed by atoms with Crippen LogP contribution in [0.1, 0.15) is 16.7 Å². The van der Waals surface area contributed by atoms with E-state index in [1.807, 2.05) is 31.2 Å². The second kappa shape index (κ2) is 6.23. The van der Waals surface area contributed by atoms with Crippen LogP contribution in [0.2, 0.25) is 5.02 Å². The van der Waals surface area contributed by atoms with Crippen LogP contribution in [0.5, 0.6) is 0 Å². The van der Waals surface area contributed by atoms with Crippen molar-refractivity contribution in [2.24, 2.45) is 0 Å². The number of benzene rings is 2. The molecule has 2 aromatic rings. The molecule has 0 heterocycles. The summed E-state index contributed by atoms with van der Waals surface area (Å²) in [6.07, 6.45) is 0.204. The first kappa shape index (κ1) is 14.1. The largest absolute Gasteiger partial charge is 0.326 e. The predicted molar refractivity (Wildman–Crippen MR) is 79.7 cm³/mol. The summed E-state index contributed by atoms with van der Waals surface area (Å²) in [4.78, 5) is 12.0. The van der Waals surface area contributed by atoms with E-state index in [4.69, 9.17) is 16.9 Å². The van der Waals surface area contributed by atoms with Gasteiger partial charge in [0.25, 0.3) is 0 Å². The Hall–Kier alpha value is -2.31. The zero-order valence-electron chi connectivity index (χ0n) is 11.0. The lowest BCUT2D eigenvalue weighted by Crippen LogP contribution is -2.15. The van der Waals surface area contributed by atoms with Gasteiger partial charge in [0.1, 0.15) is 0 Å². The van der Waals surface area contributed by atoms with E-state index in [1.54, 1.807) is 18.2 Å². The molecule has 1 amide bonds. The first-order valence-electron chi connectivity index (χ1n) is 6.14. The van der Waals surface area contributed by atoms with Crippen LogP contribution in [0, 0.1) is 18.3 Å². The maximum absolute atomic E-state index is 12.0. The number of amides is 1. The summed E-state index contributed by atoms with van der Waals surface area (Å²) in [6, 6.07) is 14.5. The number of nitrogens with zero attached hydrogens (tertiary/aromatic N) is 1. The minimum absolute atomic E-state index is 0.156. The van der Waals surface area contributed by atoms with Gasteiger partial charge in [-0.05, 0) is 36.2 Å². The normalized spacial score (nSPS) is 9.85. The second-order valence-corrected chi connectivity index (χ2v) is 4.87. The molecule has 0 unspecified atom stereocenters. The van der Waals surface area contributed by atoms with Crippen molar-refractivity contribution in [3.63, 3.8) is 0 Å². The minimum Gasteiger partial charge on any atom is -0.326 e. The summed E-state index contributed by atoms with van der Waals surface area (Å²) < 4.78 is 0. The molecule has 1 N–H and O–H groups in total. The zero-order chi connectivity index (χ0) is 14.5. The van der Waals surface area contributed by atoms with Gasteiger partial charge in [-0.2, -0.15) is 5.26 Å². The molecule has 100 valence electrons. The maximum Gasteiger partial charge on any atom is 0.228 e. The summed E-state index contributed by atoms with van der Waals surface area (Å²) in [7, 11) is 0. The Morgan fingerprint density at radius 2 is 2.05 bits per heavy atom. The van der Waals surface area contributed by atoms with Gasteiger partial charge in [-0.15, -0.1) is 0 Å². The molecule has 0 fully saturated rings. The highest BCUT2D eigenvalue weighted by Crippen LogP contribution is 2.19. The van der Waals surface area contributed by atoms with Gasteiger partial charge in [-0.25, -0.2) is 0 Å². The number of aryl methyl sites for hydroxylation is 1. The average Bonchev–Trinajstić information content (AvgIpc) is 2.44. The van der Waals surface area contributed by atoms with Gasteiger partial charge in [0.15, 0.2) is 0 Å². The molecule has 0 bridgehead atoms. The Morgan fingerprint density at radius 3 is 2.75 bits per heavy atom. The number of rotatable bonds is 3. The molecule has 3 nitrogen and oxygen atoms in total. The quantitative estimate of drug-likeness (QED) is 0.934. The highest BCUT2D eigenvalue weighted by Gasteiger charge is 2.09. The van der Waals surface area contributed by atoms with Crippen LogP contribution < -0.4 is 5.32 Å². The van der Waals surface area contributed by atoms with Crippen molar-refractivity contribution in [1.82, 2.24) is 0 Å². The highest BCUT2D eigenvalue weighted by atomic mass is 35.5. The van der Waals surface area contributed by atoms with E-state index in [9.17, 15) is 4.79 Å². The van der Waals surface area contributed by atoms with Crippen molar-refractivity contribution in [2.75, 3.05) is 5.32 Å². The van der Waals surface area contributed by atoms with Gasteiger partial charge >= 0.3 is 0 Å². The van der Waals surface area contributed by atoms with Crippen molar-refractivity contribution in [1.29, 1.82) is 5.26 Å². The molecule has 0 atom stereocenters. The Balaban J connectivity index is 2.13. The standard InChI is InChI=1S/C16H13ClN2O/c1-11-6-7-12(10-18)8-15(11)19-16(20)9-13-4-2-3-5-14(13)17/h2-8H,9H2,1H3,(H,19,20). The Kier molecular flexibility index (Phi) is 4.39. The van der Waals surface area contributed by atoms with Gasteiger partial charge in [-0.3, -0.25) is 4.79 Å². The summed E-state index contributed by atoms with van der Waals surface area (Å²) in [5, 5.41) is 12.3. The number of nitrogens with one attached hydrogen (secondary N) is 1. The first-order chi connectivity index (χ1) is 9.60. The molecule has 0 radical (unpaired) electrons. The van der Waals surface area contributed by atoms with Crippen LogP contribution in [0.25, 0.3) is 0 Å². The van der Waals surface area contributed by atoms with Crippen molar-refractivity contribution in [2.45, 2.75) is 13.3 Å². The lowest BCUT2D eigenvalue weighted by atomic mass is 10.1. The highest BCUT2D eigenvalue weighted by molar-refractivity contribution is 6.31. The van der Waals surface area contributed by atoms with E-state index in [0.717, 1.165) is 11.1 Å². The fraction of sp³-hybridized carbons (Fsp3) is 0.125. The number of carbonyl (C=O) groups is 1. The monoisotopic (exact) mass is 284 g/mol. The molecule has 0 saturated carbocycles. The van der Waals surface area contributed by atoms with Crippen molar-refractivity contribution in [3.05, 3.63) is 64.2 Å². The zero-order valence-corrected chi connectivity index (χ0v) is 11.7. The van der Waals surface area contributed by atoms with Crippen molar-refractivity contribution in [3.8, 4) is 6.07 Å².